The number of rotatable bonds is 2. The Morgan fingerprint density at radius 2 is 1.61 bits per heavy atom. The summed E-state index contributed by atoms with van der Waals surface area (Å²) in [7, 11) is 0. The molecule has 0 aliphatic heterocycles. The van der Waals surface area contributed by atoms with Crippen molar-refractivity contribution < 1.29 is 5.11 Å². The standard InChI is InChI=1S/C14H11N3O/c18-13-9-5-4-8-12(13)17-10-15-14(16-17)11-6-2-1-3-7-11/h1-10,18H. The lowest BCUT2D eigenvalue weighted by atomic mass is 10.2. The van der Waals surface area contributed by atoms with Crippen molar-refractivity contribution in [3.8, 4) is 22.8 Å². The molecule has 18 heavy (non-hydrogen) atoms. The number of phenolic OH excluding ortho intramolecular Hbond substituents is 1. The van der Waals surface area contributed by atoms with Gasteiger partial charge in [-0.1, -0.05) is 42.5 Å². The summed E-state index contributed by atoms with van der Waals surface area (Å²) in [6.45, 7) is 0. The summed E-state index contributed by atoms with van der Waals surface area (Å²) in [5.41, 5.74) is 1.57. The van der Waals surface area contributed by atoms with E-state index >= 15 is 0 Å². The molecule has 0 bridgehead atoms. The van der Waals surface area contributed by atoms with Gasteiger partial charge in [0.15, 0.2) is 5.82 Å². The highest BCUT2D eigenvalue weighted by molar-refractivity contribution is 5.54. The van der Waals surface area contributed by atoms with Gasteiger partial charge in [0.05, 0.1) is 0 Å². The number of para-hydroxylation sites is 2. The Labute approximate surface area is 104 Å². The Morgan fingerprint density at radius 1 is 0.889 bits per heavy atom. The predicted molar refractivity (Wildman–Crippen MR) is 68.5 cm³/mol. The molecule has 0 fully saturated rings. The summed E-state index contributed by atoms with van der Waals surface area (Å²) in [4.78, 5) is 4.24. The lowest BCUT2D eigenvalue weighted by Gasteiger charge is -2.02. The van der Waals surface area contributed by atoms with Gasteiger partial charge < -0.3 is 5.11 Å². The van der Waals surface area contributed by atoms with Crippen molar-refractivity contribution in [3.05, 3.63) is 60.9 Å². The third-order valence-electron chi connectivity index (χ3n) is 2.65. The molecule has 0 radical (unpaired) electrons. The minimum Gasteiger partial charge on any atom is -0.506 e. The van der Waals surface area contributed by atoms with E-state index < -0.39 is 0 Å². The second kappa shape index (κ2) is 4.33. The molecule has 1 N–H and O–H groups in total. The van der Waals surface area contributed by atoms with Gasteiger partial charge in [0, 0.05) is 5.56 Å². The molecule has 3 aromatic rings. The Hall–Kier alpha value is -2.62. The maximum atomic E-state index is 9.76. The van der Waals surface area contributed by atoms with Gasteiger partial charge in [-0.25, -0.2) is 9.67 Å². The van der Waals surface area contributed by atoms with Gasteiger partial charge in [-0.05, 0) is 12.1 Å². The van der Waals surface area contributed by atoms with Crippen molar-refractivity contribution in [2.24, 2.45) is 0 Å². The Bertz CT molecular complexity index is 662. The van der Waals surface area contributed by atoms with Gasteiger partial charge in [0.2, 0.25) is 0 Å². The first-order chi connectivity index (χ1) is 8.84. The summed E-state index contributed by atoms with van der Waals surface area (Å²) in [5.74, 6) is 0.820. The number of aromatic nitrogens is 3. The summed E-state index contributed by atoms with van der Waals surface area (Å²) in [5, 5.41) is 14.1. The zero-order valence-electron chi connectivity index (χ0n) is 9.56. The molecule has 0 saturated heterocycles. The summed E-state index contributed by atoms with van der Waals surface area (Å²) in [6, 6.07) is 16.8. The molecule has 1 aromatic heterocycles. The van der Waals surface area contributed by atoms with Crippen LogP contribution in [0.25, 0.3) is 17.1 Å². The van der Waals surface area contributed by atoms with Gasteiger partial charge in [0.25, 0.3) is 0 Å². The number of hydrogen-bond donors (Lipinski definition) is 1. The lowest BCUT2D eigenvalue weighted by molar-refractivity contribution is 0.470. The van der Waals surface area contributed by atoms with Gasteiger partial charge >= 0.3 is 0 Å². The van der Waals surface area contributed by atoms with Crippen LogP contribution in [0.1, 0.15) is 0 Å². The summed E-state index contributed by atoms with van der Waals surface area (Å²) < 4.78 is 1.57. The number of benzene rings is 2. The fourth-order valence-electron chi connectivity index (χ4n) is 1.76. The van der Waals surface area contributed by atoms with E-state index in [1.54, 1.807) is 29.2 Å². The molecular formula is C14H11N3O. The highest BCUT2D eigenvalue weighted by Crippen LogP contribution is 2.21. The SMILES string of the molecule is Oc1ccccc1-n1cnc(-c2ccccc2)n1. The smallest absolute Gasteiger partial charge is 0.181 e. The Morgan fingerprint density at radius 3 is 2.39 bits per heavy atom. The van der Waals surface area contributed by atoms with Gasteiger partial charge in [-0.2, -0.15) is 0 Å². The molecule has 0 aliphatic carbocycles. The van der Waals surface area contributed by atoms with E-state index in [0.29, 0.717) is 11.5 Å². The van der Waals surface area contributed by atoms with Crippen molar-refractivity contribution in [2.75, 3.05) is 0 Å². The lowest BCUT2D eigenvalue weighted by Crippen LogP contribution is -1.95. The Kier molecular flexibility index (Phi) is 2.53. The van der Waals surface area contributed by atoms with Crippen LogP contribution in [0, 0.1) is 0 Å². The van der Waals surface area contributed by atoms with Crippen LogP contribution in [0.2, 0.25) is 0 Å². The van der Waals surface area contributed by atoms with E-state index in [4.69, 9.17) is 0 Å². The predicted octanol–water partition coefficient (Wildman–Crippen LogP) is 2.64. The van der Waals surface area contributed by atoms with E-state index in [1.807, 2.05) is 36.4 Å². The molecule has 0 spiro atoms. The zero-order valence-corrected chi connectivity index (χ0v) is 9.56. The number of hydrogen-bond acceptors (Lipinski definition) is 3. The summed E-state index contributed by atoms with van der Waals surface area (Å²) in [6.07, 6.45) is 1.59. The fourth-order valence-corrected chi connectivity index (χ4v) is 1.76. The first-order valence-electron chi connectivity index (χ1n) is 5.60. The molecule has 0 atom stereocenters. The average Bonchev–Trinajstić information content (AvgIpc) is 2.90. The van der Waals surface area contributed by atoms with Crippen LogP contribution >= 0.6 is 0 Å². The molecule has 3 rings (SSSR count). The average molecular weight is 237 g/mol. The first-order valence-corrected chi connectivity index (χ1v) is 5.60. The van der Waals surface area contributed by atoms with Gasteiger partial charge in [-0.3, -0.25) is 0 Å². The van der Waals surface area contributed by atoms with Crippen LogP contribution < -0.4 is 0 Å². The molecule has 4 nitrogen and oxygen atoms in total. The Balaban J connectivity index is 2.03. The topological polar surface area (TPSA) is 50.9 Å². The van der Waals surface area contributed by atoms with Crippen molar-refractivity contribution in [1.29, 1.82) is 0 Å². The monoisotopic (exact) mass is 237 g/mol. The van der Waals surface area contributed by atoms with E-state index in [-0.39, 0.29) is 5.75 Å². The van der Waals surface area contributed by atoms with Crippen molar-refractivity contribution in [2.45, 2.75) is 0 Å². The quantitative estimate of drug-likeness (QED) is 0.745. The van der Waals surface area contributed by atoms with Crippen LogP contribution in [-0.4, -0.2) is 19.9 Å². The molecule has 0 saturated carbocycles. The first kappa shape index (κ1) is 10.5. The van der Waals surface area contributed by atoms with Crippen molar-refractivity contribution in [3.63, 3.8) is 0 Å². The second-order valence-corrected chi connectivity index (χ2v) is 3.87. The highest BCUT2D eigenvalue weighted by atomic mass is 16.3. The maximum absolute atomic E-state index is 9.76. The number of aromatic hydroxyl groups is 1. The molecule has 0 amide bonds. The third kappa shape index (κ3) is 1.84. The van der Waals surface area contributed by atoms with Gasteiger partial charge in [0.1, 0.15) is 17.8 Å². The minimum absolute atomic E-state index is 0.182. The number of nitrogens with zero attached hydrogens (tertiary/aromatic N) is 3. The molecule has 88 valence electrons. The van der Waals surface area contributed by atoms with E-state index in [1.165, 1.54) is 0 Å². The van der Waals surface area contributed by atoms with E-state index in [9.17, 15) is 5.11 Å². The zero-order chi connectivity index (χ0) is 12.4. The minimum atomic E-state index is 0.182. The molecule has 1 heterocycles. The normalized spacial score (nSPS) is 10.4. The maximum Gasteiger partial charge on any atom is 0.181 e. The van der Waals surface area contributed by atoms with Crippen LogP contribution in [0.4, 0.5) is 0 Å². The molecule has 0 aliphatic rings. The molecule has 4 heteroatoms. The summed E-state index contributed by atoms with van der Waals surface area (Å²) >= 11 is 0. The van der Waals surface area contributed by atoms with Crippen molar-refractivity contribution in [1.82, 2.24) is 14.8 Å². The second-order valence-electron chi connectivity index (χ2n) is 3.87. The number of phenols is 1. The van der Waals surface area contributed by atoms with Crippen LogP contribution in [-0.2, 0) is 0 Å². The van der Waals surface area contributed by atoms with Crippen molar-refractivity contribution >= 4 is 0 Å². The van der Waals surface area contributed by atoms with E-state index in [0.717, 1.165) is 5.56 Å². The van der Waals surface area contributed by atoms with Crippen LogP contribution in [0.5, 0.6) is 5.75 Å². The molecule has 2 aromatic carbocycles. The highest BCUT2D eigenvalue weighted by Gasteiger charge is 2.07. The largest absolute Gasteiger partial charge is 0.506 e. The third-order valence-corrected chi connectivity index (χ3v) is 2.65. The van der Waals surface area contributed by atoms with E-state index in [2.05, 4.69) is 10.1 Å². The molecule has 0 unspecified atom stereocenters. The fraction of sp³-hybridized carbons (Fsp3) is 0. The van der Waals surface area contributed by atoms with Gasteiger partial charge in [-0.15, -0.1) is 5.10 Å². The van der Waals surface area contributed by atoms with Crippen LogP contribution in [0.15, 0.2) is 60.9 Å². The van der Waals surface area contributed by atoms with Crippen LogP contribution in [0.3, 0.4) is 0 Å². The molecular weight excluding hydrogens is 226 g/mol.